The number of hydrogen-bond acceptors (Lipinski definition) is 5. The molecule has 3 rings (SSSR count). The number of rotatable bonds is 5. The average Bonchev–Trinajstić information content (AvgIpc) is 2.91. The highest BCUT2D eigenvalue weighted by Crippen LogP contribution is 2.25. The number of amides is 1. The van der Waals surface area contributed by atoms with Crippen LogP contribution in [0.2, 0.25) is 0 Å². The van der Waals surface area contributed by atoms with Crippen LogP contribution in [0.1, 0.15) is 18.5 Å². The molecule has 1 heterocycles. The summed E-state index contributed by atoms with van der Waals surface area (Å²) >= 11 is 0. The van der Waals surface area contributed by atoms with Gasteiger partial charge in [0.1, 0.15) is 17.9 Å². The zero-order chi connectivity index (χ0) is 17.1. The second kappa shape index (κ2) is 9.92. The topological polar surface area (TPSA) is 97.5 Å². The molecule has 144 valence electrons. The van der Waals surface area contributed by atoms with Crippen LogP contribution in [0, 0.1) is 12.8 Å². The highest BCUT2D eigenvalue weighted by Gasteiger charge is 2.34. The Balaban J connectivity index is 0.00000169. The minimum Gasteiger partial charge on any atom is -0.489 e. The number of nitrogens with one attached hydrogen (secondary N) is 1. The summed E-state index contributed by atoms with van der Waals surface area (Å²) in [4.78, 5) is 16.6. The summed E-state index contributed by atoms with van der Waals surface area (Å²) < 4.78 is 5.78. The molecular formula is C18H25Cl2N3O3. The van der Waals surface area contributed by atoms with Crippen molar-refractivity contribution in [1.82, 2.24) is 10.3 Å². The van der Waals surface area contributed by atoms with Crippen LogP contribution in [0.25, 0.3) is 10.9 Å². The number of aliphatic hydroxyl groups excluding tert-OH is 1. The summed E-state index contributed by atoms with van der Waals surface area (Å²) in [5, 5.41) is 13.5. The lowest BCUT2D eigenvalue weighted by atomic mass is 10.1. The lowest BCUT2D eigenvalue weighted by Gasteiger charge is -2.12. The van der Waals surface area contributed by atoms with E-state index >= 15 is 0 Å². The van der Waals surface area contributed by atoms with Gasteiger partial charge in [-0.1, -0.05) is 18.2 Å². The Morgan fingerprint density at radius 2 is 2.08 bits per heavy atom. The number of pyridine rings is 1. The Morgan fingerprint density at radius 3 is 2.77 bits per heavy atom. The van der Waals surface area contributed by atoms with E-state index < -0.39 is 6.10 Å². The zero-order valence-electron chi connectivity index (χ0n) is 14.6. The summed E-state index contributed by atoms with van der Waals surface area (Å²) in [5.74, 6) is 0.429. The fourth-order valence-corrected chi connectivity index (χ4v) is 3.08. The molecule has 1 aromatic heterocycles. The number of aromatic nitrogens is 1. The van der Waals surface area contributed by atoms with E-state index in [0.29, 0.717) is 31.7 Å². The Morgan fingerprint density at radius 1 is 1.31 bits per heavy atom. The second-order valence-electron chi connectivity index (χ2n) is 6.32. The first kappa shape index (κ1) is 22.4. The van der Waals surface area contributed by atoms with Gasteiger partial charge in [0.25, 0.3) is 0 Å². The largest absolute Gasteiger partial charge is 0.489 e. The summed E-state index contributed by atoms with van der Waals surface area (Å²) in [7, 11) is 0. The van der Waals surface area contributed by atoms with Gasteiger partial charge in [-0.2, -0.15) is 0 Å². The summed E-state index contributed by atoms with van der Waals surface area (Å²) in [6.45, 7) is 2.71. The number of carbonyl (C=O) groups is 1. The third-order valence-corrected chi connectivity index (χ3v) is 4.43. The van der Waals surface area contributed by atoms with E-state index in [1.807, 2.05) is 37.3 Å². The standard InChI is InChI=1S/C18H23N3O3.2ClH/c1-11-5-6-12-3-2-4-16(17(12)21-11)24-8-7-20-18(23)13-9-14(19)15(22)10-13;;/h2-6,13-15,22H,7-10,19H2,1H3,(H,20,23);2*1H/t13-,14-,15-;;/m0../s1. The smallest absolute Gasteiger partial charge is 0.223 e. The molecule has 1 aromatic carbocycles. The maximum Gasteiger partial charge on any atom is 0.223 e. The molecule has 2 aromatic rings. The van der Waals surface area contributed by atoms with E-state index in [-0.39, 0.29) is 42.7 Å². The third-order valence-electron chi connectivity index (χ3n) is 4.43. The van der Waals surface area contributed by atoms with Crippen LogP contribution in [0.5, 0.6) is 5.75 Å². The molecule has 1 amide bonds. The Labute approximate surface area is 165 Å². The number of fused-ring (bicyclic) bond motifs is 1. The Kier molecular flexibility index (Phi) is 8.56. The van der Waals surface area contributed by atoms with Gasteiger partial charge in [-0.05, 0) is 31.9 Å². The van der Waals surface area contributed by atoms with Gasteiger partial charge >= 0.3 is 0 Å². The molecule has 3 atom stereocenters. The Hall–Kier alpha value is -1.60. The molecule has 6 nitrogen and oxygen atoms in total. The van der Waals surface area contributed by atoms with Crippen LogP contribution in [0.15, 0.2) is 30.3 Å². The van der Waals surface area contributed by atoms with Crippen LogP contribution in [0.3, 0.4) is 0 Å². The van der Waals surface area contributed by atoms with E-state index in [2.05, 4.69) is 10.3 Å². The molecule has 0 aliphatic heterocycles. The van der Waals surface area contributed by atoms with Crippen molar-refractivity contribution in [2.24, 2.45) is 11.7 Å². The Bertz CT molecular complexity index is 735. The van der Waals surface area contributed by atoms with Crippen LogP contribution >= 0.6 is 24.8 Å². The maximum absolute atomic E-state index is 12.1. The lowest BCUT2D eigenvalue weighted by Crippen LogP contribution is -2.33. The number of ether oxygens (including phenoxy) is 1. The normalized spacial score (nSPS) is 21.6. The average molecular weight is 402 g/mol. The first-order chi connectivity index (χ1) is 11.5. The first-order valence-corrected chi connectivity index (χ1v) is 8.25. The number of para-hydroxylation sites is 1. The molecule has 0 spiro atoms. The fraction of sp³-hybridized carbons (Fsp3) is 0.444. The van der Waals surface area contributed by atoms with E-state index in [1.54, 1.807) is 0 Å². The van der Waals surface area contributed by atoms with Gasteiger partial charge in [-0.3, -0.25) is 4.79 Å². The van der Waals surface area contributed by atoms with Gasteiger partial charge in [-0.15, -0.1) is 24.8 Å². The molecule has 1 aliphatic carbocycles. The zero-order valence-corrected chi connectivity index (χ0v) is 16.2. The minimum absolute atomic E-state index is 0. The van der Waals surface area contributed by atoms with Gasteiger partial charge in [0.15, 0.2) is 0 Å². The molecule has 1 saturated carbocycles. The molecule has 0 radical (unpaired) electrons. The van der Waals surface area contributed by atoms with Gasteiger partial charge in [0.2, 0.25) is 5.91 Å². The maximum atomic E-state index is 12.1. The monoisotopic (exact) mass is 401 g/mol. The molecule has 0 bridgehead atoms. The summed E-state index contributed by atoms with van der Waals surface area (Å²) in [6.07, 6.45) is 0.378. The van der Waals surface area contributed by atoms with Crippen molar-refractivity contribution in [3.63, 3.8) is 0 Å². The molecule has 0 saturated heterocycles. The van der Waals surface area contributed by atoms with Crippen molar-refractivity contribution in [2.75, 3.05) is 13.2 Å². The highest BCUT2D eigenvalue weighted by atomic mass is 35.5. The van der Waals surface area contributed by atoms with E-state index in [0.717, 1.165) is 16.6 Å². The van der Waals surface area contributed by atoms with Gasteiger partial charge in [-0.25, -0.2) is 4.98 Å². The van der Waals surface area contributed by atoms with Crippen molar-refractivity contribution in [3.05, 3.63) is 36.0 Å². The van der Waals surface area contributed by atoms with Crippen molar-refractivity contribution >= 4 is 41.6 Å². The van der Waals surface area contributed by atoms with Crippen molar-refractivity contribution in [2.45, 2.75) is 31.9 Å². The lowest BCUT2D eigenvalue weighted by molar-refractivity contribution is -0.125. The molecule has 1 aliphatic rings. The number of nitrogens with two attached hydrogens (primary N) is 1. The predicted molar refractivity (Wildman–Crippen MR) is 106 cm³/mol. The SMILES string of the molecule is Cc1ccc2cccc(OCCNC(=O)[C@H]3C[C@H](N)[C@@H](O)C3)c2n1.Cl.Cl. The second-order valence-corrected chi connectivity index (χ2v) is 6.32. The number of halogens is 2. The van der Waals surface area contributed by atoms with Crippen molar-refractivity contribution in [3.8, 4) is 5.75 Å². The molecule has 8 heteroatoms. The molecule has 1 fully saturated rings. The molecule has 4 N–H and O–H groups in total. The molecule has 0 unspecified atom stereocenters. The summed E-state index contributed by atoms with van der Waals surface area (Å²) in [5.41, 5.74) is 7.50. The van der Waals surface area contributed by atoms with Gasteiger partial charge in [0, 0.05) is 23.0 Å². The minimum atomic E-state index is -0.581. The van der Waals surface area contributed by atoms with Gasteiger partial charge in [0.05, 0.1) is 12.6 Å². The van der Waals surface area contributed by atoms with Gasteiger partial charge < -0.3 is 20.9 Å². The van der Waals surface area contributed by atoms with Crippen LogP contribution in [-0.2, 0) is 4.79 Å². The van der Waals surface area contributed by atoms with Crippen LogP contribution in [0.4, 0.5) is 0 Å². The van der Waals surface area contributed by atoms with Crippen molar-refractivity contribution in [1.29, 1.82) is 0 Å². The number of carbonyl (C=O) groups excluding carboxylic acids is 1. The fourth-order valence-electron chi connectivity index (χ4n) is 3.08. The molecule has 26 heavy (non-hydrogen) atoms. The number of benzene rings is 1. The van der Waals surface area contributed by atoms with Crippen LogP contribution < -0.4 is 15.8 Å². The highest BCUT2D eigenvalue weighted by molar-refractivity contribution is 5.86. The number of aryl methyl sites for hydroxylation is 1. The predicted octanol–water partition coefficient (Wildman–Crippen LogP) is 1.98. The quantitative estimate of drug-likeness (QED) is 0.665. The number of nitrogens with zero attached hydrogens (tertiary/aromatic N) is 1. The number of hydrogen-bond donors (Lipinski definition) is 3. The van der Waals surface area contributed by atoms with E-state index in [4.69, 9.17) is 10.5 Å². The first-order valence-electron chi connectivity index (χ1n) is 8.25. The third kappa shape index (κ3) is 5.20. The van der Waals surface area contributed by atoms with E-state index in [1.165, 1.54) is 0 Å². The summed E-state index contributed by atoms with van der Waals surface area (Å²) in [6, 6.07) is 9.47. The van der Waals surface area contributed by atoms with E-state index in [9.17, 15) is 9.90 Å². The van der Waals surface area contributed by atoms with Crippen molar-refractivity contribution < 1.29 is 14.6 Å². The molecular weight excluding hydrogens is 377 g/mol. The number of aliphatic hydroxyl groups is 1. The van der Waals surface area contributed by atoms with Crippen LogP contribution in [-0.4, -0.2) is 41.3 Å².